The van der Waals surface area contributed by atoms with Crippen LogP contribution < -0.4 is 14.8 Å². The van der Waals surface area contributed by atoms with Crippen LogP contribution in [0.4, 0.5) is 5.69 Å². The number of fused-ring (bicyclic) bond motifs is 1. The summed E-state index contributed by atoms with van der Waals surface area (Å²) in [4.78, 5) is 12.0. The highest BCUT2D eigenvalue weighted by Gasteiger charge is 2.25. The first kappa shape index (κ1) is 11.8. The quantitative estimate of drug-likeness (QED) is 0.876. The topological polar surface area (TPSA) is 47.6 Å². The number of hydrogen-bond donors (Lipinski definition) is 1. The Morgan fingerprint density at radius 3 is 2.76 bits per heavy atom. The zero-order valence-corrected chi connectivity index (χ0v) is 10.4. The molecule has 1 N–H and O–H groups in total. The van der Waals surface area contributed by atoms with E-state index < -0.39 is 0 Å². The summed E-state index contributed by atoms with van der Waals surface area (Å²) in [5.74, 6) is 1.41. The number of amides is 1. The first-order valence-electron chi connectivity index (χ1n) is 5.74. The maximum Gasteiger partial charge on any atom is 0.231 e. The molecule has 0 radical (unpaired) electrons. The van der Waals surface area contributed by atoms with Crippen molar-refractivity contribution < 1.29 is 14.3 Å². The molecule has 4 nitrogen and oxygen atoms in total. The van der Waals surface area contributed by atoms with Crippen LogP contribution in [-0.2, 0) is 4.79 Å². The lowest BCUT2D eigenvalue weighted by Gasteiger charge is -2.21. The molecule has 0 saturated heterocycles. The highest BCUT2D eigenvalue weighted by molar-refractivity contribution is 5.95. The molecule has 0 unspecified atom stereocenters. The van der Waals surface area contributed by atoms with Crippen molar-refractivity contribution in [1.29, 1.82) is 0 Å². The molecule has 2 rings (SSSR count). The first-order valence-corrected chi connectivity index (χ1v) is 5.74. The third-order valence-corrected chi connectivity index (χ3v) is 3.13. The minimum absolute atomic E-state index is 0.0128. The van der Waals surface area contributed by atoms with Gasteiger partial charge in [0.05, 0.1) is 0 Å². The largest absolute Gasteiger partial charge is 0.454 e. The van der Waals surface area contributed by atoms with Crippen molar-refractivity contribution in [3.05, 3.63) is 18.2 Å². The minimum atomic E-state index is -0.365. The lowest BCUT2D eigenvalue weighted by atomic mass is 9.89. The fourth-order valence-corrected chi connectivity index (χ4v) is 1.44. The average Bonchev–Trinajstić information content (AvgIpc) is 2.76. The number of nitrogens with one attached hydrogen (secondary N) is 1. The number of anilines is 1. The van der Waals surface area contributed by atoms with Crippen LogP contribution in [0.25, 0.3) is 0 Å². The zero-order chi connectivity index (χ0) is 12.5. The van der Waals surface area contributed by atoms with E-state index in [0.29, 0.717) is 5.75 Å². The molecular formula is C13H17NO3. The van der Waals surface area contributed by atoms with E-state index in [2.05, 4.69) is 5.32 Å². The maximum absolute atomic E-state index is 12.0. The number of rotatable bonds is 3. The zero-order valence-electron chi connectivity index (χ0n) is 10.4. The lowest BCUT2D eigenvalue weighted by Crippen LogP contribution is -2.29. The Bertz CT molecular complexity index is 440. The predicted molar refractivity (Wildman–Crippen MR) is 65.3 cm³/mol. The fourth-order valence-electron chi connectivity index (χ4n) is 1.44. The molecule has 0 aliphatic carbocycles. The van der Waals surface area contributed by atoms with Gasteiger partial charge in [-0.1, -0.05) is 20.8 Å². The fraction of sp³-hybridized carbons (Fsp3) is 0.462. The molecule has 92 valence electrons. The lowest BCUT2D eigenvalue weighted by molar-refractivity contribution is -0.124. The van der Waals surface area contributed by atoms with E-state index in [-0.39, 0.29) is 18.1 Å². The Balaban J connectivity index is 2.12. The minimum Gasteiger partial charge on any atom is -0.454 e. The van der Waals surface area contributed by atoms with Crippen molar-refractivity contribution in [1.82, 2.24) is 0 Å². The number of ether oxygens (including phenoxy) is 2. The average molecular weight is 235 g/mol. The third kappa shape index (κ3) is 2.35. The predicted octanol–water partition coefficient (Wildman–Crippen LogP) is 2.79. The molecule has 0 saturated carbocycles. The van der Waals surface area contributed by atoms with Crippen LogP contribution in [0.5, 0.6) is 11.5 Å². The second-order valence-electron chi connectivity index (χ2n) is 4.76. The van der Waals surface area contributed by atoms with Crippen LogP contribution in [0.3, 0.4) is 0 Å². The van der Waals surface area contributed by atoms with E-state index in [1.54, 1.807) is 12.1 Å². The number of hydrogen-bond acceptors (Lipinski definition) is 3. The van der Waals surface area contributed by atoms with Crippen molar-refractivity contribution >= 4 is 11.6 Å². The molecular weight excluding hydrogens is 218 g/mol. The van der Waals surface area contributed by atoms with Gasteiger partial charge in [-0.2, -0.15) is 0 Å². The van der Waals surface area contributed by atoms with E-state index in [1.807, 2.05) is 26.8 Å². The van der Waals surface area contributed by atoms with Crippen molar-refractivity contribution in [2.45, 2.75) is 27.2 Å². The molecule has 0 atom stereocenters. The summed E-state index contributed by atoms with van der Waals surface area (Å²) in [5.41, 5.74) is 0.372. The van der Waals surface area contributed by atoms with Gasteiger partial charge < -0.3 is 14.8 Å². The number of carbonyl (C=O) groups is 1. The molecule has 1 heterocycles. The Kier molecular flexibility index (Phi) is 2.96. The normalized spacial score (nSPS) is 13.6. The van der Waals surface area contributed by atoms with Crippen LogP contribution >= 0.6 is 0 Å². The Morgan fingerprint density at radius 2 is 2.06 bits per heavy atom. The summed E-state index contributed by atoms with van der Waals surface area (Å²) in [6.07, 6.45) is 0.795. The third-order valence-electron chi connectivity index (χ3n) is 3.13. The Morgan fingerprint density at radius 1 is 1.35 bits per heavy atom. The van der Waals surface area contributed by atoms with Gasteiger partial charge in [-0.05, 0) is 18.6 Å². The Hall–Kier alpha value is -1.71. The molecule has 0 spiro atoms. The van der Waals surface area contributed by atoms with Gasteiger partial charge in [0, 0.05) is 17.2 Å². The van der Waals surface area contributed by atoms with Crippen molar-refractivity contribution in [3.8, 4) is 11.5 Å². The SMILES string of the molecule is CCC(C)(C)C(=O)Nc1ccc2c(c1)OCO2. The summed E-state index contributed by atoms with van der Waals surface area (Å²) in [6.45, 7) is 6.09. The molecule has 1 aromatic rings. The monoisotopic (exact) mass is 235 g/mol. The summed E-state index contributed by atoms with van der Waals surface area (Å²) in [5, 5.41) is 2.89. The number of benzene rings is 1. The van der Waals surface area contributed by atoms with E-state index in [4.69, 9.17) is 9.47 Å². The smallest absolute Gasteiger partial charge is 0.231 e. The molecule has 4 heteroatoms. The van der Waals surface area contributed by atoms with Gasteiger partial charge in [0.1, 0.15) is 0 Å². The Labute approximate surface area is 101 Å². The molecule has 0 fully saturated rings. The van der Waals surface area contributed by atoms with Gasteiger partial charge >= 0.3 is 0 Å². The van der Waals surface area contributed by atoms with Gasteiger partial charge in [0.15, 0.2) is 11.5 Å². The second-order valence-corrected chi connectivity index (χ2v) is 4.76. The molecule has 1 amide bonds. The van der Waals surface area contributed by atoms with Crippen LogP contribution in [0, 0.1) is 5.41 Å². The van der Waals surface area contributed by atoms with Gasteiger partial charge in [-0.25, -0.2) is 0 Å². The van der Waals surface area contributed by atoms with Crippen molar-refractivity contribution in [2.75, 3.05) is 12.1 Å². The van der Waals surface area contributed by atoms with E-state index in [9.17, 15) is 4.79 Å². The molecule has 1 aromatic carbocycles. The van der Waals surface area contributed by atoms with Gasteiger partial charge in [-0.15, -0.1) is 0 Å². The maximum atomic E-state index is 12.0. The summed E-state index contributed by atoms with van der Waals surface area (Å²) < 4.78 is 10.5. The van der Waals surface area contributed by atoms with Crippen LogP contribution in [-0.4, -0.2) is 12.7 Å². The molecule has 17 heavy (non-hydrogen) atoms. The van der Waals surface area contributed by atoms with Gasteiger partial charge in [-0.3, -0.25) is 4.79 Å². The van der Waals surface area contributed by atoms with E-state index in [0.717, 1.165) is 17.9 Å². The first-order chi connectivity index (χ1) is 8.03. The van der Waals surface area contributed by atoms with Crippen LogP contribution in [0.15, 0.2) is 18.2 Å². The van der Waals surface area contributed by atoms with Crippen molar-refractivity contribution in [2.24, 2.45) is 5.41 Å². The van der Waals surface area contributed by atoms with Crippen molar-refractivity contribution in [3.63, 3.8) is 0 Å². The van der Waals surface area contributed by atoms with E-state index in [1.165, 1.54) is 0 Å². The molecule has 0 aromatic heterocycles. The molecule has 1 aliphatic heterocycles. The molecule has 0 bridgehead atoms. The standard InChI is InChI=1S/C13H17NO3/c1-4-13(2,3)12(15)14-9-5-6-10-11(7-9)17-8-16-10/h5-7H,4,8H2,1-3H3,(H,14,15). The second kappa shape index (κ2) is 4.28. The summed E-state index contributed by atoms with van der Waals surface area (Å²) in [6, 6.07) is 5.40. The molecule has 1 aliphatic rings. The summed E-state index contributed by atoms with van der Waals surface area (Å²) in [7, 11) is 0. The highest BCUT2D eigenvalue weighted by atomic mass is 16.7. The number of carbonyl (C=O) groups excluding carboxylic acids is 1. The van der Waals surface area contributed by atoms with E-state index >= 15 is 0 Å². The van der Waals surface area contributed by atoms with Gasteiger partial charge in [0.25, 0.3) is 0 Å². The van der Waals surface area contributed by atoms with Gasteiger partial charge in [0.2, 0.25) is 12.7 Å². The van der Waals surface area contributed by atoms with Crippen LogP contribution in [0.2, 0.25) is 0 Å². The van der Waals surface area contributed by atoms with Crippen LogP contribution in [0.1, 0.15) is 27.2 Å². The highest BCUT2D eigenvalue weighted by Crippen LogP contribution is 2.34. The summed E-state index contributed by atoms with van der Waals surface area (Å²) >= 11 is 0.